The Hall–Kier alpha value is -2.19. The second-order valence-electron chi connectivity index (χ2n) is 6.55. The number of aryl methyl sites for hydroxylation is 1. The van der Waals surface area contributed by atoms with Gasteiger partial charge < -0.3 is 0 Å². The summed E-state index contributed by atoms with van der Waals surface area (Å²) < 4.78 is 16.5. The Kier molecular flexibility index (Phi) is 4.55. The van der Waals surface area contributed by atoms with E-state index >= 15 is 0 Å². The third-order valence-corrected chi connectivity index (χ3v) is 6.00. The first-order valence-electron chi connectivity index (χ1n) is 8.42. The highest BCUT2D eigenvalue weighted by Gasteiger charge is 2.29. The van der Waals surface area contributed by atoms with Crippen LogP contribution >= 0.6 is 23.4 Å². The van der Waals surface area contributed by atoms with Gasteiger partial charge in [-0.05, 0) is 25.0 Å². The van der Waals surface area contributed by atoms with Crippen molar-refractivity contribution in [2.75, 3.05) is 0 Å². The maximum absolute atomic E-state index is 14.1. The van der Waals surface area contributed by atoms with Gasteiger partial charge in [0.1, 0.15) is 22.1 Å². The molecule has 0 saturated heterocycles. The predicted octanol–water partition coefficient (Wildman–Crippen LogP) is 2.99. The smallest absolute Gasteiger partial charge is 0.280 e. The SMILES string of the molecule is Cn1c(=O)c2c(SCc3c(F)cccc3Cl)nc(C3CC3)nc2n(C)c1=O. The molecule has 0 radical (unpaired) electrons. The lowest BCUT2D eigenvalue weighted by molar-refractivity contribution is 0.617. The maximum Gasteiger partial charge on any atom is 0.332 e. The Morgan fingerprint density at radius 2 is 1.96 bits per heavy atom. The van der Waals surface area contributed by atoms with Crippen LogP contribution in [0.2, 0.25) is 5.02 Å². The van der Waals surface area contributed by atoms with Crippen LogP contribution in [0.15, 0.2) is 32.8 Å². The fraction of sp³-hybridized carbons (Fsp3) is 0.333. The molecular formula is C18H16ClFN4O2S. The fourth-order valence-corrected chi connectivity index (χ4v) is 4.25. The highest BCUT2D eigenvalue weighted by atomic mass is 35.5. The molecule has 2 aromatic heterocycles. The van der Waals surface area contributed by atoms with Gasteiger partial charge in [-0.1, -0.05) is 17.7 Å². The summed E-state index contributed by atoms with van der Waals surface area (Å²) in [5.41, 5.74) is -0.244. The van der Waals surface area contributed by atoms with Crippen molar-refractivity contribution < 1.29 is 4.39 Å². The van der Waals surface area contributed by atoms with E-state index in [1.54, 1.807) is 19.2 Å². The van der Waals surface area contributed by atoms with Crippen molar-refractivity contribution in [1.82, 2.24) is 19.1 Å². The Morgan fingerprint density at radius 3 is 2.63 bits per heavy atom. The summed E-state index contributed by atoms with van der Waals surface area (Å²) in [7, 11) is 3.00. The van der Waals surface area contributed by atoms with Crippen LogP contribution in [0.4, 0.5) is 4.39 Å². The van der Waals surface area contributed by atoms with Crippen molar-refractivity contribution >= 4 is 34.4 Å². The summed E-state index contributed by atoms with van der Waals surface area (Å²) >= 11 is 7.33. The molecule has 9 heteroatoms. The molecule has 1 aliphatic rings. The quantitative estimate of drug-likeness (QED) is 0.492. The average Bonchev–Trinajstić information content (AvgIpc) is 3.49. The monoisotopic (exact) mass is 406 g/mol. The number of fused-ring (bicyclic) bond motifs is 1. The van der Waals surface area contributed by atoms with Crippen LogP contribution in [0.5, 0.6) is 0 Å². The van der Waals surface area contributed by atoms with Crippen LogP contribution in [0.25, 0.3) is 11.0 Å². The second kappa shape index (κ2) is 6.76. The minimum absolute atomic E-state index is 0.216. The van der Waals surface area contributed by atoms with Gasteiger partial charge in [0.25, 0.3) is 5.56 Å². The van der Waals surface area contributed by atoms with Gasteiger partial charge >= 0.3 is 5.69 Å². The first-order valence-corrected chi connectivity index (χ1v) is 9.78. The molecule has 0 amide bonds. The molecule has 0 bridgehead atoms. The molecule has 0 unspecified atom stereocenters. The summed E-state index contributed by atoms with van der Waals surface area (Å²) in [5.74, 6) is 0.669. The van der Waals surface area contributed by atoms with E-state index in [4.69, 9.17) is 11.6 Å². The normalized spacial score (nSPS) is 14.1. The summed E-state index contributed by atoms with van der Waals surface area (Å²) in [6.45, 7) is 0. The van der Waals surface area contributed by atoms with Crippen LogP contribution in [0, 0.1) is 5.82 Å². The molecule has 4 rings (SSSR count). The third-order valence-electron chi connectivity index (χ3n) is 4.64. The van der Waals surface area contributed by atoms with Crippen LogP contribution in [0.1, 0.15) is 30.1 Å². The number of aromatic nitrogens is 4. The fourth-order valence-electron chi connectivity index (χ4n) is 2.88. The van der Waals surface area contributed by atoms with Gasteiger partial charge in [-0.3, -0.25) is 13.9 Å². The highest BCUT2D eigenvalue weighted by molar-refractivity contribution is 7.98. The molecule has 0 atom stereocenters. The second-order valence-corrected chi connectivity index (χ2v) is 7.93. The summed E-state index contributed by atoms with van der Waals surface area (Å²) in [6.07, 6.45) is 1.96. The zero-order chi connectivity index (χ0) is 19.3. The van der Waals surface area contributed by atoms with Crippen LogP contribution in [0.3, 0.4) is 0 Å². The molecular weight excluding hydrogens is 391 g/mol. The maximum atomic E-state index is 14.1. The van der Waals surface area contributed by atoms with Gasteiger partial charge in [-0.25, -0.2) is 19.2 Å². The van der Waals surface area contributed by atoms with Gasteiger partial charge in [0.2, 0.25) is 0 Å². The highest BCUT2D eigenvalue weighted by Crippen LogP contribution is 2.40. The van der Waals surface area contributed by atoms with Crippen molar-refractivity contribution in [3.63, 3.8) is 0 Å². The molecule has 1 fully saturated rings. The Bertz CT molecular complexity index is 1170. The predicted molar refractivity (Wildman–Crippen MR) is 103 cm³/mol. The first-order chi connectivity index (χ1) is 12.9. The van der Waals surface area contributed by atoms with E-state index in [2.05, 4.69) is 9.97 Å². The van der Waals surface area contributed by atoms with Gasteiger partial charge in [-0.15, -0.1) is 11.8 Å². The third kappa shape index (κ3) is 3.17. The molecule has 1 aromatic carbocycles. The van der Waals surface area contributed by atoms with Crippen molar-refractivity contribution in [3.05, 3.63) is 61.3 Å². The largest absolute Gasteiger partial charge is 0.332 e. The van der Waals surface area contributed by atoms with Crippen molar-refractivity contribution in [1.29, 1.82) is 0 Å². The molecule has 27 heavy (non-hydrogen) atoms. The van der Waals surface area contributed by atoms with Gasteiger partial charge in [0.05, 0.1) is 0 Å². The lowest BCUT2D eigenvalue weighted by Gasteiger charge is -2.12. The Labute approximate surface area is 163 Å². The number of nitrogens with zero attached hydrogens (tertiary/aromatic N) is 4. The molecule has 0 aliphatic heterocycles. The van der Waals surface area contributed by atoms with Crippen LogP contribution in [-0.2, 0) is 19.8 Å². The molecule has 140 valence electrons. The molecule has 0 N–H and O–H groups in total. The molecule has 0 spiro atoms. The zero-order valence-corrected chi connectivity index (χ0v) is 16.3. The van der Waals surface area contributed by atoms with Gasteiger partial charge in [0, 0.05) is 36.4 Å². The number of rotatable bonds is 4. The number of hydrogen-bond donors (Lipinski definition) is 0. The first kappa shape index (κ1) is 18.2. The van der Waals surface area contributed by atoms with E-state index in [1.807, 2.05) is 0 Å². The Morgan fingerprint density at radius 1 is 1.22 bits per heavy atom. The van der Waals surface area contributed by atoms with Gasteiger partial charge in [0.15, 0.2) is 5.65 Å². The Balaban J connectivity index is 1.88. The van der Waals surface area contributed by atoms with E-state index in [9.17, 15) is 14.0 Å². The molecule has 1 aliphatic carbocycles. The molecule has 3 aromatic rings. The standard InChI is InChI=1S/C18H16ClFN4O2S/c1-23-15-13(17(25)24(2)18(23)26)16(22-14(21-15)9-6-7-9)27-8-10-11(19)4-3-5-12(10)20/h3-5,9H,6-8H2,1-2H3. The minimum atomic E-state index is -0.461. The van der Waals surface area contributed by atoms with Crippen molar-refractivity contribution in [2.45, 2.75) is 29.5 Å². The number of hydrogen-bond acceptors (Lipinski definition) is 5. The van der Waals surface area contributed by atoms with Crippen molar-refractivity contribution in [2.24, 2.45) is 14.1 Å². The average molecular weight is 407 g/mol. The van der Waals surface area contributed by atoms with E-state index in [0.29, 0.717) is 27.1 Å². The lowest BCUT2D eigenvalue weighted by Crippen LogP contribution is -2.37. The zero-order valence-electron chi connectivity index (χ0n) is 14.7. The summed E-state index contributed by atoms with van der Waals surface area (Å²) in [5, 5.41) is 1.03. The molecule has 1 saturated carbocycles. The molecule has 2 heterocycles. The van der Waals surface area contributed by atoms with Crippen LogP contribution < -0.4 is 11.2 Å². The van der Waals surface area contributed by atoms with E-state index < -0.39 is 17.1 Å². The molecule has 6 nitrogen and oxygen atoms in total. The summed E-state index contributed by atoms with van der Waals surface area (Å²) in [4.78, 5) is 34.0. The number of thioether (sulfide) groups is 1. The summed E-state index contributed by atoms with van der Waals surface area (Å²) in [6, 6.07) is 4.51. The van der Waals surface area contributed by atoms with Crippen molar-refractivity contribution in [3.8, 4) is 0 Å². The van der Waals surface area contributed by atoms with E-state index in [1.165, 1.54) is 29.4 Å². The van der Waals surface area contributed by atoms with E-state index in [-0.39, 0.29) is 17.1 Å². The number of benzene rings is 1. The topological polar surface area (TPSA) is 69.8 Å². The van der Waals surface area contributed by atoms with Gasteiger partial charge in [-0.2, -0.15) is 0 Å². The number of halogens is 2. The lowest BCUT2D eigenvalue weighted by atomic mass is 10.2. The van der Waals surface area contributed by atoms with Crippen LogP contribution in [-0.4, -0.2) is 19.1 Å². The minimum Gasteiger partial charge on any atom is -0.280 e. The van der Waals surface area contributed by atoms with E-state index in [0.717, 1.165) is 17.4 Å².